The SMILES string of the molecule is C[C@H](C(=O)O)[C@@H](O)c1ccc2c(c1)OC(C1CCN([C@H](C)c3cc(C(F)(F)F)ccc3C(F)(F)F)C3CCCC3C1)CC2. The van der Waals surface area contributed by atoms with Gasteiger partial charge in [-0.2, -0.15) is 26.3 Å². The average molecular weight is 614 g/mol. The van der Waals surface area contributed by atoms with Crippen molar-refractivity contribution >= 4 is 5.97 Å². The van der Waals surface area contributed by atoms with Crippen LogP contribution >= 0.6 is 0 Å². The van der Waals surface area contributed by atoms with E-state index in [-0.39, 0.29) is 29.5 Å². The number of carbonyl (C=O) groups is 1. The van der Waals surface area contributed by atoms with Gasteiger partial charge in [0.05, 0.1) is 23.1 Å². The van der Waals surface area contributed by atoms with Crippen LogP contribution in [-0.2, 0) is 23.6 Å². The molecule has 0 radical (unpaired) electrons. The Bertz CT molecular complexity index is 1330. The van der Waals surface area contributed by atoms with Crippen molar-refractivity contribution in [2.75, 3.05) is 6.54 Å². The minimum absolute atomic E-state index is 0.0363. The van der Waals surface area contributed by atoms with E-state index in [0.29, 0.717) is 42.5 Å². The minimum atomic E-state index is -4.78. The van der Waals surface area contributed by atoms with Crippen LogP contribution in [0.2, 0.25) is 0 Å². The Morgan fingerprint density at radius 3 is 2.37 bits per heavy atom. The predicted molar refractivity (Wildman–Crippen MR) is 146 cm³/mol. The van der Waals surface area contributed by atoms with Crippen molar-refractivity contribution < 1.29 is 46.1 Å². The second-order valence-corrected chi connectivity index (χ2v) is 12.4. The van der Waals surface area contributed by atoms with Gasteiger partial charge in [0.15, 0.2) is 0 Å². The van der Waals surface area contributed by atoms with Crippen LogP contribution in [0.15, 0.2) is 36.4 Å². The largest absolute Gasteiger partial charge is 0.490 e. The first kappa shape index (κ1) is 31.6. The molecular formula is C32H37F6NO4. The van der Waals surface area contributed by atoms with E-state index >= 15 is 0 Å². The Kier molecular flexibility index (Phi) is 8.79. The van der Waals surface area contributed by atoms with Crippen molar-refractivity contribution in [2.24, 2.45) is 17.8 Å². The van der Waals surface area contributed by atoms with Crippen LogP contribution in [0.1, 0.15) is 92.3 Å². The summed E-state index contributed by atoms with van der Waals surface area (Å²) in [7, 11) is 0. The number of benzene rings is 2. The van der Waals surface area contributed by atoms with Crippen LogP contribution in [0, 0.1) is 17.8 Å². The smallest absolute Gasteiger partial charge is 0.416 e. The Hall–Kier alpha value is -2.79. The third kappa shape index (κ3) is 6.53. The van der Waals surface area contributed by atoms with Crippen molar-refractivity contribution in [2.45, 2.75) is 95.4 Å². The molecule has 43 heavy (non-hydrogen) atoms. The Morgan fingerprint density at radius 2 is 1.70 bits per heavy atom. The lowest BCUT2D eigenvalue weighted by molar-refractivity contribution is -0.145. The Labute approximate surface area is 246 Å². The number of hydrogen-bond donors (Lipinski definition) is 2. The monoisotopic (exact) mass is 613 g/mol. The van der Waals surface area contributed by atoms with Gasteiger partial charge >= 0.3 is 18.3 Å². The topological polar surface area (TPSA) is 70.0 Å². The highest BCUT2D eigenvalue weighted by Gasteiger charge is 2.44. The number of aliphatic hydroxyl groups excluding tert-OH is 1. The van der Waals surface area contributed by atoms with Gasteiger partial charge in [-0.15, -0.1) is 0 Å². The first-order valence-electron chi connectivity index (χ1n) is 14.9. The second-order valence-electron chi connectivity index (χ2n) is 12.4. The molecule has 5 rings (SSSR count). The molecule has 1 saturated heterocycles. The zero-order chi connectivity index (χ0) is 31.3. The fraction of sp³-hybridized carbons (Fsp3) is 0.594. The van der Waals surface area contributed by atoms with Crippen LogP contribution in [-0.4, -0.2) is 39.8 Å². The number of fused-ring (bicyclic) bond motifs is 2. The molecule has 0 aromatic heterocycles. The standard InChI is InChI=1S/C32H37F6NO4/c1-17(30(41)42)29(40)22-7-6-19-8-11-27(43-28(19)15-22)21-12-13-39(26-5-3-4-20(26)14-21)18(2)24-16-23(31(33,34)35)9-10-25(24)32(36,37)38/h6-7,9-10,15-18,20-21,26-27,29,40H,3-5,8,11-14H2,1-2H3,(H,41,42)/t17-,18+,20?,21?,26?,27?,29+/m0/s1. The molecule has 5 nitrogen and oxygen atoms in total. The van der Waals surface area contributed by atoms with Crippen LogP contribution in [0.25, 0.3) is 0 Å². The summed E-state index contributed by atoms with van der Waals surface area (Å²) in [5.74, 6) is -1.24. The highest BCUT2D eigenvalue weighted by atomic mass is 19.4. The average Bonchev–Trinajstić information content (AvgIpc) is 3.33. The molecule has 2 heterocycles. The lowest BCUT2D eigenvalue weighted by Gasteiger charge is -2.37. The first-order valence-corrected chi connectivity index (χ1v) is 14.9. The fourth-order valence-corrected chi connectivity index (χ4v) is 7.40. The van der Waals surface area contributed by atoms with Crippen molar-refractivity contribution in [3.8, 4) is 5.75 Å². The molecule has 236 valence electrons. The molecule has 0 spiro atoms. The highest BCUT2D eigenvalue weighted by molar-refractivity contribution is 5.70. The molecule has 7 atom stereocenters. The van der Waals surface area contributed by atoms with E-state index < -0.39 is 47.5 Å². The van der Waals surface area contributed by atoms with Crippen LogP contribution < -0.4 is 4.74 Å². The van der Waals surface area contributed by atoms with Gasteiger partial charge in [0.1, 0.15) is 11.9 Å². The molecule has 0 amide bonds. The Balaban J connectivity index is 1.38. The van der Waals surface area contributed by atoms with Crippen molar-refractivity contribution in [3.05, 3.63) is 64.2 Å². The molecule has 2 aromatic rings. The van der Waals surface area contributed by atoms with E-state index in [9.17, 15) is 41.4 Å². The summed E-state index contributed by atoms with van der Waals surface area (Å²) in [4.78, 5) is 13.4. The van der Waals surface area contributed by atoms with Gasteiger partial charge in [0.2, 0.25) is 0 Å². The van der Waals surface area contributed by atoms with Gasteiger partial charge in [-0.05, 0) is 112 Å². The van der Waals surface area contributed by atoms with Gasteiger partial charge in [-0.1, -0.05) is 18.6 Å². The van der Waals surface area contributed by atoms with Crippen LogP contribution in [0.5, 0.6) is 5.75 Å². The van der Waals surface area contributed by atoms with E-state index in [0.717, 1.165) is 44.1 Å². The van der Waals surface area contributed by atoms with Crippen molar-refractivity contribution in [1.82, 2.24) is 4.90 Å². The molecule has 3 aliphatic rings. The summed E-state index contributed by atoms with van der Waals surface area (Å²) in [6.07, 6.45) is -5.44. The van der Waals surface area contributed by atoms with Gasteiger partial charge in [-0.3, -0.25) is 9.69 Å². The number of nitrogens with zero attached hydrogens (tertiary/aromatic N) is 1. The summed E-state index contributed by atoms with van der Waals surface area (Å²) < 4.78 is 89.0. The molecule has 2 N–H and O–H groups in total. The fourth-order valence-electron chi connectivity index (χ4n) is 7.40. The number of ether oxygens (including phenoxy) is 1. The van der Waals surface area contributed by atoms with E-state index in [1.807, 2.05) is 11.0 Å². The van der Waals surface area contributed by atoms with E-state index in [4.69, 9.17) is 4.74 Å². The molecule has 1 saturated carbocycles. The van der Waals surface area contributed by atoms with Gasteiger partial charge in [0, 0.05) is 12.1 Å². The number of aliphatic carboxylic acids is 1. The van der Waals surface area contributed by atoms with E-state index in [1.54, 1.807) is 19.1 Å². The highest BCUT2D eigenvalue weighted by Crippen LogP contribution is 2.47. The zero-order valence-electron chi connectivity index (χ0n) is 24.1. The predicted octanol–water partition coefficient (Wildman–Crippen LogP) is 7.81. The van der Waals surface area contributed by atoms with Crippen molar-refractivity contribution in [3.63, 3.8) is 0 Å². The van der Waals surface area contributed by atoms with Gasteiger partial charge in [-0.25, -0.2) is 0 Å². The summed E-state index contributed by atoms with van der Waals surface area (Å²) in [6, 6.07) is 6.07. The van der Waals surface area contributed by atoms with Crippen LogP contribution in [0.3, 0.4) is 0 Å². The number of likely N-dealkylation sites (tertiary alicyclic amines) is 1. The van der Waals surface area contributed by atoms with Gasteiger partial charge in [0.25, 0.3) is 0 Å². The molecule has 0 bridgehead atoms. The third-order valence-corrected chi connectivity index (χ3v) is 9.84. The third-order valence-electron chi connectivity index (χ3n) is 9.84. The molecular weight excluding hydrogens is 576 g/mol. The lowest BCUT2D eigenvalue weighted by atomic mass is 9.83. The number of aliphatic hydroxyl groups is 1. The molecule has 2 fully saturated rings. The quantitative estimate of drug-likeness (QED) is 0.325. The number of rotatable bonds is 6. The number of carboxylic acids is 1. The number of halogens is 6. The first-order chi connectivity index (χ1) is 20.1. The van der Waals surface area contributed by atoms with E-state index in [2.05, 4.69) is 0 Å². The van der Waals surface area contributed by atoms with Gasteiger partial charge < -0.3 is 14.9 Å². The Morgan fingerprint density at radius 1 is 0.953 bits per heavy atom. The summed E-state index contributed by atoms with van der Waals surface area (Å²) in [6.45, 7) is 3.45. The lowest BCUT2D eigenvalue weighted by Crippen LogP contribution is -2.39. The number of alkyl halides is 6. The zero-order valence-corrected chi connectivity index (χ0v) is 24.1. The molecule has 1 aliphatic carbocycles. The second kappa shape index (κ2) is 12.0. The molecule has 2 aliphatic heterocycles. The maximum atomic E-state index is 14.0. The number of carboxylic acid groups (broad SMARTS) is 1. The number of hydrogen-bond acceptors (Lipinski definition) is 4. The summed E-state index contributed by atoms with van der Waals surface area (Å²) in [5, 5.41) is 19.8. The molecule has 4 unspecified atom stereocenters. The molecule has 11 heteroatoms. The normalized spacial score (nSPS) is 26.9. The maximum Gasteiger partial charge on any atom is 0.416 e. The molecule has 2 aromatic carbocycles. The maximum absolute atomic E-state index is 14.0. The van der Waals surface area contributed by atoms with Crippen LogP contribution in [0.4, 0.5) is 26.3 Å². The van der Waals surface area contributed by atoms with E-state index in [1.165, 1.54) is 6.92 Å². The summed E-state index contributed by atoms with van der Waals surface area (Å²) in [5.41, 5.74) is -1.06. The summed E-state index contributed by atoms with van der Waals surface area (Å²) >= 11 is 0. The number of aryl methyl sites for hydroxylation is 1. The van der Waals surface area contributed by atoms with Crippen molar-refractivity contribution in [1.29, 1.82) is 0 Å². The minimum Gasteiger partial charge on any atom is -0.490 e.